The number of ether oxygens (including phenoxy) is 2. The number of carbonyl (C=O) groups excluding carboxylic acids is 2. The van der Waals surface area contributed by atoms with Gasteiger partial charge in [-0.05, 0) is 43.7 Å². The molecule has 1 aliphatic rings. The molecule has 0 bridgehead atoms. The number of hydrogen-bond acceptors (Lipinski definition) is 5. The molecule has 2 aromatic rings. The molecule has 0 radical (unpaired) electrons. The molecular weight excluding hydrogens is 376 g/mol. The van der Waals surface area contributed by atoms with Crippen LogP contribution in [0.25, 0.3) is 0 Å². The molecule has 1 heterocycles. The molecule has 152 valence electrons. The summed E-state index contributed by atoms with van der Waals surface area (Å²) in [5, 5.41) is 11.5. The molecule has 0 aromatic heterocycles. The first-order valence-electron chi connectivity index (χ1n) is 9.28. The lowest BCUT2D eigenvalue weighted by Gasteiger charge is -2.17. The number of nitrogens with one attached hydrogen (secondary N) is 1. The molecule has 8 heteroatoms. The number of carboxylic acid groups (broad SMARTS) is 1. The van der Waals surface area contributed by atoms with Gasteiger partial charge >= 0.3 is 5.97 Å². The van der Waals surface area contributed by atoms with Crippen LogP contribution in [0.3, 0.4) is 0 Å². The van der Waals surface area contributed by atoms with Crippen LogP contribution in [-0.4, -0.2) is 48.7 Å². The molecule has 0 aliphatic carbocycles. The Morgan fingerprint density at radius 2 is 1.90 bits per heavy atom. The van der Waals surface area contributed by atoms with Gasteiger partial charge in [0.05, 0.1) is 6.61 Å². The number of aliphatic carboxylic acids is 1. The van der Waals surface area contributed by atoms with Crippen molar-refractivity contribution in [2.24, 2.45) is 0 Å². The zero-order valence-corrected chi connectivity index (χ0v) is 16.0. The lowest BCUT2D eigenvalue weighted by atomic mass is 10.1. The Labute approximate surface area is 168 Å². The van der Waals surface area contributed by atoms with Crippen molar-refractivity contribution in [3.8, 4) is 11.5 Å². The molecule has 29 heavy (non-hydrogen) atoms. The van der Waals surface area contributed by atoms with Crippen LogP contribution in [0.5, 0.6) is 11.5 Å². The third-order valence-corrected chi connectivity index (χ3v) is 4.44. The average molecular weight is 398 g/mol. The van der Waals surface area contributed by atoms with Gasteiger partial charge in [-0.15, -0.1) is 0 Å². The molecule has 0 spiro atoms. The van der Waals surface area contributed by atoms with E-state index in [0.29, 0.717) is 25.1 Å². The van der Waals surface area contributed by atoms with Gasteiger partial charge in [-0.25, -0.2) is 4.79 Å². The zero-order valence-electron chi connectivity index (χ0n) is 16.0. The Morgan fingerprint density at radius 1 is 1.14 bits per heavy atom. The first kappa shape index (κ1) is 20.2. The monoisotopic (exact) mass is 398 g/mol. The van der Waals surface area contributed by atoms with Crippen LogP contribution in [0.4, 0.5) is 5.69 Å². The van der Waals surface area contributed by atoms with Gasteiger partial charge in [0.15, 0.2) is 18.1 Å². The fourth-order valence-electron chi connectivity index (χ4n) is 3.10. The van der Waals surface area contributed by atoms with Crippen LogP contribution in [0.1, 0.15) is 23.7 Å². The smallest absolute Gasteiger partial charge is 0.341 e. The lowest BCUT2D eigenvalue weighted by molar-refractivity contribution is -0.139. The van der Waals surface area contributed by atoms with E-state index in [4.69, 9.17) is 14.6 Å². The SMILES string of the molecule is CCOc1cc(C(=O)NC2CCN(c3ccccc3)C2=O)ccc1OCC(=O)O. The standard InChI is InChI=1S/C21H22N2O6/c1-2-28-18-12-14(8-9-17(18)29-13-19(24)25)20(26)22-16-10-11-23(21(16)27)15-6-4-3-5-7-15/h3-9,12,16H,2,10-11,13H2,1H3,(H,22,26)(H,24,25). The number of amides is 2. The van der Waals surface area contributed by atoms with E-state index in [1.165, 1.54) is 18.2 Å². The maximum absolute atomic E-state index is 12.7. The molecule has 1 aliphatic heterocycles. The summed E-state index contributed by atoms with van der Waals surface area (Å²) >= 11 is 0. The number of carboxylic acids is 1. The van der Waals surface area contributed by atoms with Crippen molar-refractivity contribution < 1.29 is 29.0 Å². The van der Waals surface area contributed by atoms with Crippen molar-refractivity contribution >= 4 is 23.5 Å². The van der Waals surface area contributed by atoms with Gasteiger partial charge in [0.25, 0.3) is 5.91 Å². The topological polar surface area (TPSA) is 105 Å². The Bertz CT molecular complexity index is 899. The molecule has 2 N–H and O–H groups in total. The zero-order chi connectivity index (χ0) is 20.8. The van der Waals surface area contributed by atoms with Crippen LogP contribution in [0.15, 0.2) is 48.5 Å². The fraction of sp³-hybridized carbons (Fsp3) is 0.286. The predicted molar refractivity (Wildman–Crippen MR) is 105 cm³/mol. The molecule has 2 amide bonds. The highest BCUT2D eigenvalue weighted by Crippen LogP contribution is 2.29. The molecule has 1 fully saturated rings. The van der Waals surface area contributed by atoms with Gasteiger partial charge in [-0.2, -0.15) is 0 Å². The first-order valence-corrected chi connectivity index (χ1v) is 9.28. The molecule has 2 aromatic carbocycles. The molecule has 3 rings (SSSR count). The summed E-state index contributed by atoms with van der Waals surface area (Å²) in [6.07, 6.45) is 0.511. The predicted octanol–water partition coefficient (Wildman–Crippen LogP) is 2.08. The number of benzene rings is 2. The third-order valence-electron chi connectivity index (χ3n) is 4.44. The lowest BCUT2D eigenvalue weighted by Crippen LogP contribution is -2.41. The highest BCUT2D eigenvalue weighted by molar-refractivity contribution is 6.04. The average Bonchev–Trinajstić information content (AvgIpc) is 3.08. The highest BCUT2D eigenvalue weighted by atomic mass is 16.5. The van der Waals surface area contributed by atoms with Crippen LogP contribution in [0.2, 0.25) is 0 Å². The van der Waals surface area contributed by atoms with E-state index in [2.05, 4.69) is 5.32 Å². The normalized spacial score (nSPS) is 15.8. The fourth-order valence-corrected chi connectivity index (χ4v) is 3.10. The van der Waals surface area contributed by atoms with Crippen molar-refractivity contribution in [3.63, 3.8) is 0 Å². The molecule has 1 unspecified atom stereocenters. The summed E-state index contributed by atoms with van der Waals surface area (Å²) in [5.41, 5.74) is 1.09. The Hall–Kier alpha value is -3.55. The van der Waals surface area contributed by atoms with Crippen LogP contribution in [-0.2, 0) is 9.59 Å². The third kappa shape index (κ3) is 4.84. The second-order valence-electron chi connectivity index (χ2n) is 6.42. The molecular formula is C21H22N2O6. The number of anilines is 1. The number of nitrogens with zero attached hydrogens (tertiary/aromatic N) is 1. The number of carbonyl (C=O) groups is 3. The van der Waals surface area contributed by atoms with E-state index < -0.39 is 24.5 Å². The van der Waals surface area contributed by atoms with Gasteiger partial charge in [0.2, 0.25) is 5.91 Å². The van der Waals surface area contributed by atoms with Crippen LogP contribution in [0, 0.1) is 0 Å². The minimum Gasteiger partial charge on any atom is -0.490 e. The van der Waals surface area contributed by atoms with Crippen LogP contribution >= 0.6 is 0 Å². The second-order valence-corrected chi connectivity index (χ2v) is 6.42. The van der Waals surface area contributed by atoms with E-state index in [1.54, 1.807) is 11.8 Å². The molecule has 8 nitrogen and oxygen atoms in total. The summed E-state index contributed by atoms with van der Waals surface area (Å²) in [4.78, 5) is 37.7. The van der Waals surface area contributed by atoms with Crippen molar-refractivity contribution in [2.75, 3.05) is 24.7 Å². The van der Waals surface area contributed by atoms with Crippen molar-refractivity contribution in [1.82, 2.24) is 5.32 Å². The van der Waals surface area contributed by atoms with Gasteiger partial charge in [-0.1, -0.05) is 18.2 Å². The molecule has 0 saturated carbocycles. The highest BCUT2D eigenvalue weighted by Gasteiger charge is 2.33. The number of hydrogen-bond donors (Lipinski definition) is 2. The Morgan fingerprint density at radius 3 is 2.59 bits per heavy atom. The van der Waals surface area contributed by atoms with E-state index in [1.807, 2.05) is 30.3 Å². The van der Waals surface area contributed by atoms with E-state index in [9.17, 15) is 14.4 Å². The maximum Gasteiger partial charge on any atom is 0.341 e. The quantitative estimate of drug-likeness (QED) is 0.705. The van der Waals surface area contributed by atoms with Crippen LogP contribution < -0.4 is 19.7 Å². The van der Waals surface area contributed by atoms with Crippen molar-refractivity contribution in [3.05, 3.63) is 54.1 Å². The largest absolute Gasteiger partial charge is 0.490 e. The number of rotatable bonds is 8. The van der Waals surface area contributed by atoms with Gasteiger partial charge < -0.3 is 24.8 Å². The maximum atomic E-state index is 12.7. The number of para-hydroxylation sites is 1. The second kappa shape index (κ2) is 9.09. The summed E-state index contributed by atoms with van der Waals surface area (Å²) in [5.74, 6) is -1.18. The van der Waals surface area contributed by atoms with Gasteiger partial charge in [0, 0.05) is 17.8 Å². The summed E-state index contributed by atoms with van der Waals surface area (Å²) in [7, 11) is 0. The van der Waals surface area contributed by atoms with Gasteiger partial charge in [0.1, 0.15) is 6.04 Å². The van der Waals surface area contributed by atoms with E-state index >= 15 is 0 Å². The minimum atomic E-state index is -1.11. The van der Waals surface area contributed by atoms with E-state index in [-0.39, 0.29) is 17.4 Å². The van der Waals surface area contributed by atoms with Crippen molar-refractivity contribution in [1.29, 1.82) is 0 Å². The Kier molecular flexibility index (Phi) is 6.33. The minimum absolute atomic E-state index is 0.156. The Balaban J connectivity index is 1.69. The van der Waals surface area contributed by atoms with E-state index in [0.717, 1.165) is 5.69 Å². The molecule has 1 saturated heterocycles. The molecule has 1 atom stereocenters. The van der Waals surface area contributed by atoms with Crippen molar-refractivity contribution in [2.45, 2.75) is 19.4 Å². The summed E-state index contributed by atoms with van der Waals surface area (Å²) in [6, 6.07) is 13.2. The summed E-state index contributed by atoms with van der Waals surface area (Å²) < 4.78 is 10.6. The van der Waals surface area contributed by atoms with Gasteiger partial charge in [-0.3, -0.25) is 9.59 Å². The summed E-state index contributed by atoms with van der Waals surface area (Å²) in [6.45, 7) is 2.10. The first-order chi connectivity index (χ1) is 14.0.